The van der Waals surface area contributed by atoms with Crippen molar-refractivity contribution in [1.29, 1.82) is 0 Å². The Labute approximate surface area is 140 Å². The molecule has 7 nitrogen and oxygen atoms in total. The predicted molar refractivity (Wildman–Crippen MR) is 84.3 cm³/mol. The second-order valence-electron chi connectivity index (χ2n) is 6.88. The molecule has 5 atom stereocenters. The topological polar surface area (TPSA) is 116 Å². The van der Waals surface area contributed by atoms with E-state index in [1.807, 2.05) is 0 Å². The molecule has 0 saturated carbocycles. The van der Waals surface area contributed by atoms with Crippen molar-refractivity contribution in [3.05, 3.63) is 35.4 Å². The van der Waals surface area contributed by atoms with E-state index in [4.69, 9.17) is 9.47 Å². The van der Waals surface area contributed by atoms with E-state index in [1.165, 1.54) is 6.07 Å². The summed E-state index contributed by atoms with van der Waals surface area (Å²) in [7, 11) is 0. The van der Waals surface area contributed by atoms with E-state index in [9.17, 15) is 25.2 Å². The van der Waals surface area contributed by atoms with Crippen LogP contribution in [-0.2, 0) is 9.47 Å². The van der Waals surface area contributed by atoms with Crippen molar-refractivity contribution < 1.29 is 34.7 Å². The first-order valence-electron chi connectivity index (χ1n) is 7.78. The summed E-state index contributed by atoms with van der Waals surface area (Å²) in [5.41, 5.74) is 0.0746. The van der Waals surface area contributed by atoms with Crippen molar-refractivity contribution in [2.45, 2.75) is 56.9 Å². The Morgan fingerprint density at radius 3 is 2.42 bits per heavy atom. The minimum Gasteiger partial charge on any atom is -0.456 e. The molecule has 2 rings (SSSR count). The average Bonchev–Trinajstić information content (AvgIpc) is 2.51. The van der Waals surface area contributed by atoms with Crippen LogP contribution in [0.25, 0.3) is 0 Å². The lowest BCUT2D eigenvalue weighted by Crippen LogP contribution is -2.55. The van der Waals surface area contributed by atoms with E-state index in [-0.39, 0.29) is 5.56 Å². The zero-order valence-corrected chi connectivity index (χ0v) is 13.9. The summed E-state index contributed by atoms with van der Waals surface area (Å²) in [5, 5.41) is 39.1. The Morgan fingerprint density at radius 2 is 1.83 bits per heavy atom. The van der Waals surface area contributed by atoms with Crippen LogP contribution in [0.2, 0.25) is 0 Å². The average molecular weight is 340 g/mol. The highest BCUT2D eigenvalue weighted by Crippen LogP contribution is 2.32. The minimum atomic E-state index is -1.47. The lowest BCUT2D eigenvalue weighted by Gasteiger charge is -2.40. The zero-order valence-electron chi connectivity index (χ0n) is 13.9. The molecule has 24 heavy (non-hydrogen) atoms. The second-order valence-corrected chi connectivity index (χ2v) is 6.88. The van der Waals surface area contributed by atoms with Gasteiger partial charge >= 0.3 is 5.97 Å². The number of esters is 1. The molecular formula is C17H24O7. The van der Waals surface area contributed by atoms with Crippen LogP contribution in [0.5, 0.6) is 0 Å². The Balaban J connectivity index is 2.25. The van der Waals surface area contributed by atoms with Crippen LogP contribution in [0, 0.1) is 0 Å². The van der Waals surface area contributed by atoms with Gasteiger partial charge in [0.25, 0.3) is 0 Å². The van der Waals surface area contributed by atoms with Gasteiger partial charge in [-0.1, -0.05) is 12.1 Å². The van der Waals surface area contributed by atoms with E-state index in [2.05, 4.69) is 0 Å². The maximum Gasteiger partial charge on any atom is 0.338 e. The van der Waals surface area contributed by atoms with Crippen LogP contribution >= 0.6 is 0 Å². The highest BCUT2D eigenvalue weighted by molar-refractivity contribution is 5.89. The summed E-state index contributed by atoms with van der Waals surface area (Å²) in [6.07, 6.45) is -6.26. The van der Waals surface area contributed by atoms with E-state index in [0.29, 0.717) is 5.56 Å². The monoisotopic (exact) mass is 340 g/mol. The van der Waals surface area contributed by atoms with Gasteiger partial charge in [0, 0.05) is 0 Å². The summed E-state index contributed by atoms with van der Waals surface area (Å²) in [4.78, 5) is 12.2. The van der Waals surface area contributed by atoms with Crippen LogP contribution < -0.4 is 0 Å². The molecule has 1 heterocycles. The van der Waals surface area contributed by atoms with Crippen molar-refractivity contribution in [3.63, 3.8) is 0 Å². The lowest BCUT2D eigenvalue weighted by molar-refractivity contribution is -0.231. The van der Waals surface area contributed by atoms with Gasteiger partial charge in [-0.2, -0.15) is 0 Å². The van der Waals surface area contributed by atoms with Gasteiger partial charge in [0.2, 0.25) is 0 Å². The largest absolute Gasteiger partial charge is 0.456 e. The number of rotatable bonds is 3. The lowest BCUT2D eigenvalue weighted by atomic mass is 9.90. The molecule has 1 aliphatic heterocycles. The number of ether oxygens (including phenoxy) is 2. The number of carbonyl (C=O) groups is 1. The first-order valence-corrected chi connectivity index (χ1v) is 7.78. The first kappa shape index (κ1) is 18.8. The SMILES string of the molecule is CC(C)(C)OC(=O)c1cccc([C@@H]2O[C@H](CO)[C@@H](O)[C@H](O)[C@H]2O)c1. The van der Waals surface area contributed by atoms with E-state index in [1.54, 1.807) is 39.0 Å². The summed E-state index contributed by atoms with van der Waals surface area (Å²) in [6.45, 7) is 4.76. The zero-order chi connectivity index (χ0) is 18.1. The summed E-state index contributed by atoms with van der Waals surface area (Å²) < 4.78 is 10.8. The highest BCUT2D eigenvalue weighted by Gasteiger charge is 2.44. The van der Waals surface area contributed by atoms with Gasteiger partial charge in [0.05, 0.1) is 12.2 Å². The van der Waals surface area contributed by atoms with Gasteiger partial charge in [-0.15, -0.1) is 0 Å². The number of hydrogen-bond acceptors (Lipinski definition) is 7. The Bertz CT molecular complexity index is 579. The fourth-order valence-electron chi connectivity index (χ4n) is 2.56. The van der Waals surface area contributed by atoms with Crippen LogP contribution in [0.4, 0.5) is 0 Å². The molecule has 1 aromatic rings. The van der Waals surface area contributed by atoms with Crippen molar-refractivity contribution in [2.75, 3.05) is 6.61 Å². The molecule has 0 aromatic heterocycles. The molecule has 1 aromatic carbocycles. The maximum atomic E-state index is 12.2. The summed E-state index contributed by atoms with van der Waals surface area (Å²) in [6, 6.07) is 6.30. The third-order valence-electron chi connectivity index (χ3n) is 3.74. The Kier molecular flexibility index (Phi) is 5.62. The maximum absolute atomic E-state index is 12.2. The van der Waals surface area contributed by atoms with E-state index < -0.39 is 48.7 Å². The molecule has 7 heteroatoms. The van der Waals surface area contributed by atoms with Gasteiger partial charge < -0.3 is 29.9 Å². The molecule has 1 saturated heterocycles. The molecule has 0 amide bonds. The third-order valence-corrected chi connectivity index (χ3v) is 3.74. The van der Waals surface area contributed by atoms with Crippen molar-refractivity contribution in [2.24, 2.45) is 0 Å². The normalized spacial score (nSPS) is 30.9. The molecule has 0 aliphatic carbocycles. The molecule has 0 unspecified atom stereocenters. The Hall–Kier alpha value is -1.51. The van der Waals surface area contributed by atoms with Gasteiger partial charge in [-0.25, -0.2) is 4.79 Å². The van der Waals surface area contributed by atoms with Crippen LogP contribution in [-0.4, -0.2) is 63.0 Å². The molecule has 134 valence electrons. The van der Waals surface area contributed by atoms with Crippen molar-refractivity contribution >= 4 is 5.97 Å². The number of aliphatic hydroxyl groups excluding tert-OH is 4. The van der Waals surface area contributed by atoms with Gasteiger partial charge in [0.15, 0.2) is 0 Å². The first-order chi connectivity index (χ1) is 11.1. The quantitative estimate of drug-likeness (QED) is 0.579. The molecule has 1 fully saturated rings. The number of aliphatic hydroxyl groups is 4. The molecule has 1 aliphatic rings. The van der Waals surface area contributed by atoms with Crippen LogP contribution in [0.15, 0.2) is 24.3 Å². The van der Waals surface area contributed by atoms with Gasteiger partial charge in [-0.3, -0.25) is 0 Å². The fraction of sp³-hybridized carbons (Fsp3) is 0.588. The highest BCUT2D eigenvalue weighted by atomic mass is 16.6. The number of hydrogen-bond donors (Lipinski definition) is 4. The van der Waals surface area contributed by atoms with Crippen molar-refractivity contribution in [3.8, 4) is 0 Å². The molecule has 4 N–H and O–H groups in total. The van der Waals surface area contributed by atoms with E-state index >= 15 is 0 Å². The van der Waals surface area contributed by atoms with Gasteiger partial charge in [-0.05, 0) is 38.5 Å². The smallest absolute Gasteiger partial charge is 0.338 e. The molecular weight excluding hydrogens is 316 g/mol. The fourth-order valence-corrected chi connectivity index (χ4v) is 2.56. The second kappa shape index (κ2) is 7.16. The summed E-state index contributed by atoms with van der Waals surface area (Å²) in [5.74, 6) is -0.519. The molecule has 0 bridgehead atoms. The van der Waals surface area contributed by atoms with Crippen LogP contribution in [0.3, 0.4) is 0 Å². The Morgan fingerprint density at radius 1 is 1.17 bits per heavy atom. The number of benzene rings is 1. The minimum absolute atomic E-state index is 0.277. The molecule has 0 spiro atoms. The van der Waals surface area contributed by atoms with Crippen molar-refractivity contribution in [1.82, 2.24) is 0 Å². The van der Waals surface area contributed by atoms with Gasteiger partial charge in [0.1, 0.15) is 36.1 Å². The van der Waals surface area contributed by atoms with Crippen LogP contribution in [0.1, 0.15) is 42.8 Å². The summed E-state index contributed by atoms with van der Waals surface area (Å²) >= 11 is 0. The molecule has 0 radical (unpaired) electrons. The number of carbonyl (C=O) groups excluding carboxylic acids is 1. The standard InChI is InChI=1S/C17H24O7/c1-17(2,3)24-16(22)10-6-4-5-9(7-10)15-14(21)13(20)12(19)11(8-18)23-15/h4-7,11-15,18-21H,8H2,1-3H3/t11-,12-,13+,14-,15+/m1/s1. The predicted octanol–water partition coefficient (Wildman–Crippen LogP) is 0.157. The third kappa shape index (κ3) is 4.12. The van der Waals surface area contributed by atoms with E-state index in [0.717, 1.165) is 0 Å².